The molecule has 0 bridgehead atoms. The molecule has 0 radical (unpaired) electrons. The van der Waals surface area contributed by atoms with Crippen molar-refractivity contribution < 1.29 is 4.74 Å². The van der Waals surface area contributed by atoms with E-state index in [1.165, 1.54) is 16.7 Å². The first-order valence-corrected chi connectivity index (χ1v) is 8.94. The Morgan fingerprint density at radius 3 is 2.38 bits per heavy atom. The quantitative estimate of drug-likeness (QED) is 0.484. The Balaban J connectivity index is 1.71. The van der Waals surface area contributed by atoms with E-state index < -0.39 is 0 Å². The predicted molar refractivity (Wildman–Crippen MR) is 107 cm³/mol. The number of aryl methyl sites for hydroxylation is 2. The molecule has 1 unspecified atom stereocenters. The third kappa shape index (κ3) is 4.72. The normalized spacial score (nSPS) is 12.0. The number of hydrogen-bond acceptors (Lipinski definition) is 3. The second kappa shape index (κ2) is 8.65. The average molecular weight is 346 g/mol. The van der Waals surface area contributed by atoms with Crippen LogP contribution in [0.1, 0.15) is 33.9 Å². The molecule has 0 saturated heterocycles. The lowest BCUT2D eigenvalue weighted by molar-refractivity contribution is 0.305. The van der Waals surface area contributed by atoms with Crippen LogP contribution in [0, 0.1) is 13.8 Å². The summed E-state index contributed by atoms with van der Waals surface area (Å²) in [6.07, 6.45) is 0.833. The number of benzene rings is 3. The van der Waals surface area contributed by atoms with Crippen molar-refractivity contribution in [3.8, 4) is 5.75 Å². The summed E-state index contributed by atoms with van der Waals surface area (Å²) >= 11 is 0. The topological polar surface area (TPSA) is 47.3 Å². The minimum atomic E-state index is 0.0392. The molecule has 0 aliphatic heterocycles. The Morgan fingerprint density at radius 2 is 1.65 bits per heavy atom. The molecule has 3 aromatic carbocycles. The van der Waals surface area contributed by atoms with Gasteiger partial charge in [0.05, 0.1) is 6.04 Å². The summed E-state index contributed by atoms with van der Waals surface area (Å²) in [6.45, 7) is 4.83. The molecule has 3 N–H and O–H groups in total. The molecule has 3 rings (SSSR count). The van der Waals surface area contributed by atoms with Crippen LogP contribution in [0.5, 0.6) is 5.75 Å². The van der Waals surface area contributed by atoms with Crippen molar-refractivity contribution in [3.05, 3.63) is 101 Å². The first-order valence-electron chi connectivity index (χ1n) is 8.94. The van der Waals surface area contributed by atoms with E-state index in [0.717, 1.165) is 23.3 Å². The third-order valence-electron chi connectivity index (χ3n) is 4.72. The van der Waals surface area contributed by atoms with E-state index in [1.807, 2.05) is 30.3 Å². The van der Waals surface area contributed by atoms with E-state index in [1.54, 1.807) is 0 Å². The third-order valence-corrected chi connectivity index (χ3v) is 4.72. The molecular weight excluding hydrogens is 320 g/mol. The summed E-state index contributed by atoms with van der Waals surface area (Å²) in [7, 11) is 0. The zero-order chi connectivity index (χ0) is 18.4. The summed E-state index contributed by atoms with van der Waals surface area (Å²) in [5.41, 5.74) is 9.10. The van der Waals surface area contributed by atoms with Gasteiger partial charge in [0.15, 0.2) is 0 Å². The zero-order valence-corrected chi connectivity index (χ0v) is 15.4. The molecule has 26 heavy (non-hydrogen) atoms. The molecule has 0 aliphatic carbocycles. The number of nitrogens with one attached hydrogen (secondary N) is 1. The van der Waals surface area contributed by atoms with Gasteiger partial charge >= 0.3 is 0 Å². The van der Waals surface area contributed by atoms with E-state index in [4.69, 9.17) is 10.6 Å². The van der Waals surface area contributed by atoms with Gasteiger partial charge in [-0.1, -0.05) is 60.7 Å². The first kappa shape index (κ1) is 18.2. The maximum Gasteiger partial charge on any atom is 0.120 e. The predicted octanol–water partition coefficient (Wildman–Crippen LogP) is 4.63. The van der Waals surface area contributed by atoms with Crippen molar-refractivity contribution in [2.45, 2.75) is 32.9 Å². The minimum absolute atomic E-state index is 0.0392. The van der Waals surface area contributed by atoms with Crippen LogP contribution in [0.2, 0.25) is 0 Å². The van der Waals surface area contributed by atoms with Gasteiger partial charge in [-0.15, -0.1) is 0 Å². The van der Waals surface area contributed by atoms with Gasteiger partial charge in [-0.05, 0) is 60.2 Å². The molecule has 0 aromatic heterocycles. The van der Waals surface area contributed by atoms with E-state index in [0.29, 0.717) is 6.61 Å². The Labute approximate surface area is 155 Å². The number of hydrazine groups is 1. The standard InChI is InChI=1S/C23H26N2O/c1-17-11-12-20(13-18(17)2)14-23(25-24)21-9-6-10-22(15-21)26-16-19-7-4-3-5-8-19/h3-13,15,23,25H,14,16,24H2,1-2H3. The molecule has 0 heterocycles. The van der Waals surface area contributed by atoms with Crippen LogP contribution in [0.25, 0.3) is 0 Å². The van der Waals surface area contributed by atoms with E-state index >= 15 is 0 Å². The summed E-state index contributed by atoms with van der Waals surface area (Å²) in [4.78, 5) is 0. The highest BCUT2D eigenvalue weighted by molar-refractivity contribution is 5.34. The molecule has 0 spiro atoms. The van der Waals surface area contributed by atoms with E-state index in [2.05, 4.69) is 61.7 Å². The van der Waals surface area contributed by atoms with Gasteiger partial charge in [-0.2, -0.15) is 0 Å². The summed E-state index contributed by atoms with van der Waals surface area (Å²) < 4.78 is 5.94. The van der Waals surface area contributed by atoms with Crippen molar-refractivity contribution in [1.29, 1.82) is 0 Å². The monoisotopic (exact) mass is 346 g/mol. The van der Waals surface area contributed by atoms with Crippen molar-refractivity contribution in [2.75, 3.05) is 0 Å². The Bertz CT molecular complexity index is 846. The molecule has 0 fully saturated rings. The van der Waals surface area contributed by atoms with Gasteiger partial charge in [0, 0.05) is 0 Å². The zero-order valence-electron chi connectivity index (χ0n) is 15.4. The maximum atomic E-state index is 5.94. The molecule has 0 amide bonds. The number of ether oxygens (including phenoxy) is 1. The van der Waals surface area contributed by atoms with Crippen LogP contribution in [0.15, 0.2) is 72.8 Å². The number of nitrogens with two attached hydrogens (primary N) is 1. The lowest BCUT2D eigenvalue weighted by Crippen LogP contribution is -2.29. The molecule has 0 saturated carbocycles. The van der Waals surface area contributed by atoms with Crippen molar-refractivity contribution in [3.63, 3.8) is 0 Å². The highest BCUT2D eigenvalue weighted by Crippen LogP contribution is 2.23. The molecule has 3 aromatic rings. The summed E-state index contributed by atoms with van der Waals surface area (Å²) in [5, 5.41) is 0. The Kier molecular flexibility index (Phi) is 6.05. The fourth-order valence-corrected chi connectivity index (χ4v) is 3.00. The summed E-state index contributed by atoms with van der Waals surface area (Å²) in [5.74, 6) is 6.70. The Morgan fingerprint density at radius 1 is 0.846 bits per heavy atom. The second-order valence-corrected chi connectivity index (χ2v) is 6.69. The van der Waals surface area contributed by atoms with Gasteiger partial charge in [0.25, 0.3) is 0 Å². The molecule has 134 valence electrons. The molecule has 3 nitrogen and oxygen atoms in total. The van der Waals surface area contributed by atoms with Crippen LogP contribution >= 0.6 is 0 Å². The summed E-state index contributed by atoms with van der Waals surface area (Å²) in [6, 6.07) is 24.9. The maximum absolute atomic E-state index is 5.94. The number of rotatable bonds is 7. The second-order valence-electron chi connectivity index (χ2n) is 6.69. The average Bonchev–Trinajstić information content (AvgIpc) is 2.68. The van der Waals surface area contributed by atoms with Crippen molar-refractivity contribution in [2.24, 2.45) is 5.84 Å². The van der Waals surface area contributed by atoms with Crippen molar-refractivity contribution >= 4 is 0 Å². The molecule has 3 heteroatoms. The lowest BCUT2D eigenvalue weighted by atomic mass is 9.97. The lowest BCUT2D eigenvalue weighted by Gasteiger charge is -2.18. The SMILES string of the molecule is Cc1ccc(CC(NN)c2cccc(OCc3ccccc3)c2)cc1C. The van der Waals surface area contributed by atoms with Crippen molar-refractivity contribution in [1.82, 2.24) is 5.43 Å². The fraction of sp³-hybridized carbons (Fsp3) is 0.217. The van der Waals surface area contributed by atoms with Crippen LogP contribution in [-0.2, 0) is 13.0 Å². The number of hydrogen-bond donors (Lipinski definition) is 2. The van der Waals surface area contributed by atoms with Crippen LogP contribution < -0.4 is 16.0 Å². The van der Waals surface area contributed by atoms with Crippen LogP contribution in [-0.4, -0.2) is 0 Å². The van der Waals surface area contributed by atoms with Gasteiger partial charge in [-0.25, -0.2) is 0 Å². The minimum Gasteiger partial charge on any atom is -0.489 e. The van der Waals surface area contributed by atoms with Crippen LogP contribution in [0.4, 0.5) is 0 Å². The molecular formula is C23H26N2O. The van der Waals surface area contributed by atoms with Gasteiger partial charge < -0.3 is 4.74 Å². The fourth-order valence-electron chi connectivity index (χ4n) is 3.00. The molecule has 1 atom stereocenters. The van der Waals surface area contributed by atoms with Gasteiger partial charge in [0.1, 0.15) is 12.4 Å². The largest absolute Gasteiger partial charge is 0.489 e. The highest BCUT2D eigenvalue weighted by Gasteiger charge is 2.12. The molecule has 0 aliphatic rings. The Hall–Kier alpha value is -2.62. The first-order chi connectivity index (χ1) is 12.7. The van der Waals surface area contributed by atoms with E-state index in [9.17, 15) is 0 Å². The smallest absolute Gasteiger partial charge is 0.120 e. The van der Waals surface area contributed by atoms with Crippen LogP contribution in [0.3, 0.4) is 0 Å². The van der Waals surface area contributed by atoms with Gasteiger partial charge in [0.2, 0.25) is 0 Å². The van der Waals surface area contributed by atoms with E-state index in [-0.39, 0.29) is 6.04 Å². The van der Waals surface area contributed by atoms with Gasteiger partial charge in [-0.3, -0.25) is 11.3 Å². The highest BCUT2D eigenvalue weighted by atomic mass is 16.5.